The summed E-state index contributed by atoms with van der Waals surface area (Å²) in [6, 6.07) is 7.24. The van der Waals surface area contributed by atoms with Gasteiger partial charge in [-0.3, -0.25) is 9.59 Å². The molecule has 2 heterocycles. The molecule has 22 heavy (non-hydrogen) atoms. The van der Waals surface area contributed by atoms with E-state index in [2.05, 4.69) is 15.8 Å². The summed E-state index contributed by atoms with van der Waals surface area (Å²) in [4.78, 5) is 24.0. The minimum absolute atomic E-state index is 0.0258. The highest BCUT2D eigenvalue weighted by atomic mass is 16.5. The standard InChI is InChI=1S/C16H17N3O3/c1-9-6-13(19-22-9)18-14(20)8-10-4-5-12-11(7-10)16(2,3)15(21)17-12/h4-7H,8H2,1-3H3,(H,17,21)(H,18,19,20). The molecule has 114 valence electrons. The first-order chi connectivity index (χ1) is 10.4. The maximum absolute atomic E-state index is 12.0. The van der Waals surface area contributed by atoms with E-state index in [9.17, 15) is 9.59 Å². The lowest BCUT2D eigenvalue weighted by Crippen LogP contribution is -2.27. The predicted octanol–water partition coefficient (Wildman–Crippen LogP) is 2.39. The van der Waals surface area contributed by atoms with Crippen LogP contribution in [-0.2, 0) is 21.4 Å². The van der Waals surface area contributed by atoms with Gasteiger partial charge >= 0.3 is 0 Å². The summed E-state index contributed by atoms with van der Waals surface area (Å²) in [5.41, 5.74) is 2.00. The number of aryl methyl sites for hydroxylation is 1. The molecule has 0 saturated heterocycles. The molecule has 6 nitrogen and oxygen atoms in total. The molecule has 0 aliphatic carbocycles. The minimum Gasteiger partial charge on any atom is -0.360 e. The van der Waals surface area contributed by atoms with Gasteiger partial charge in [0.15, 0.2) is 5.82 Å². The molecule has 0 radical (unpaired) electrons. The van der Waals surface area contributed by atoms with Crippen molar-refractivity contribution in [3.63, 3.8) is 0 Å². The highest BCUT2D eigenvalue weighted by Crippen LogP contribution is 2.37. The molecule has 0 saturated carbocycles. The molecule has 3 rings (SSSR count). The number of nitrogens with zero attached hydrogens (tertiary/aromatic N) is 1. The van der Waals surface area contributed by atoms with Gasteiger partial charge in [0.05, 0.1) is 11.8 Å². The van der Waals surface area contributed by atoms with E-state index >= 15 is 0 Å². The van der Waals surface area contributed by atoms with Gasteiger partial charge in [0, 0.05) is 11.8 Å². The Morgan fingerprint density at radius 3 is 2.82 bits per heavy atom. The largest absolute Gasteiger partial charge is 0.360 e. The topological polar surface area (TPSA) is 84.2 Å². The summed E-state index contributed by atoms with van der Waals surface area (Å²) < 4.78 is 4.90. The van der Waals surface area contributed by atoms with Crippen LogP contribution in [0.4, 0.5) is 11.5 Å². The van der Waals surface area contributed by atoms with Crippen molar-refractivity contribution in [3.05, 3.63) is 41.2 Å². The third kappa shape index (κ3) is 2.47. The normalized spacial score (nSPS) is 15.3. The van der Waals surface area contributed by atoms with Crippen molar-refractivity contribution in [1.29, 1.82) is 0 Å². The average molecular weight is 299 g/mol. The van der Waals surface area contributed by atoms with Crippen LogP contribution in [0.15, 0.2) is 28.8 Å². The molecule has 0 spiro atoms. The van der Waals surface area contributed by atoms with Crippen LogP contribution < -0.4 is 10.6 Å². The van der Waals surface area contributed by atoms with Gasteiger partial charge in [-0.25, -0.2) is 0 Å². The Hall–Kier alpha value is -2.63. The van der Waals surface area contributed by atoms with Crippen molar-refractivity contribution in [3.8, 4) is 0 Å². The van der Waals surface area contributed by atoms with Crippen molar-refractivity contribution < 1.29 is 14.1 Å². The fraction of sp³-hybridized carbons (Fsp3) is 0.312. The Morgan fingerprint density at radius 2 is 2.14 bits per heavy atom. The molecule has 1 aromatic carbocycles. The SMILES string of the molecule is Cc1cc(NC(=O)Cc2ccc3c(c2)C(C)(C)C(=O)N3)no1. The van der Waals surface area contributed by atoms with Gasteiger partial charge < -0.3 is 15.2 Å². The zero-order chi connectivity index (χ0) is 15.9. The fourth-order valence-corrected chi connectivity index (χ4v) is 2.53. The molecule has 2 N–H and O–H groups in total. The molecule has 2 aromatic rings. The first kappa shape index (κ1) is 14.3. The van der Waals surface area contributed by atoms with E-state index in [1.54, 1.807) is 13.0 Å². The molecule has 2 amide bonds. The van der Waals surface area contributed by atoms with Crippen molar-refractivity contribution in [1.82, 2.24) is 5.16 Å². The Balaban J connectivity index is 1.76. The Labute approximate surface area is 127 Å². The zero-order valence-corrected chi connectivity index (χ0v) is 12.7. The monoisotopic (exact) mass is 299 g/mol. The smallest absolute Gasteiger partial charge is 0.234 e. The molecule has 0 atom stereocenters. The number of carbonyl (C=O) groups is 2. The van der Waals surface area contributed by atoms with E-state index in [1.807, 2.05) is 32.0 Å². The number of benzene rings is 1. The van der Waals surface area contributed by atoms with Crippen LogP contribution in [0.1, 0.15) is 30.7 Å². The highest BCUT2D eigenvalue weighted by molar-refractivity contribution is 6.05. The van der Waals surface area contributed by atoms with Crippen LogP contribution in [-0.4, -0.2) is 17.0 Å². The zero-order valence-electron chi connectivity index (χ0n) is 12.7. The second-order valence-corrected chi connectivity index (χ2v) is 6.01. The summed E-state index contributed by atoms with van der Waals surface area (Å²) in [5, 5.41) is 9.26. The first-order valence-electron chi connectivity index (χ1n) is 7.04. The lowest BCUT2D eigenvalue weighted by molar-refractivity contribution is -0.119. The van der Waals surface area contributed by atoms with Crippen LogP contribution in [0.2, 0.25) is 0 Å². The quantitative estimate of drug-likeness (QED) is 0.911. The molecular formula is C16H17N3O3. The lowest BCUT2D eigenvalue weighted by atomic mass is 9.85. The number of carbonyl (C=O) groups excluding carboxylic acids is 2. The van der Waals surface area contributed by atoms with E-state index in [0.29, 0.717) is 11.6 Å². The molecule has 0 bridgehead atoms. The van der Waals surface area contributed by atoms with Crippen molar-refractivity contribution in [2.24, 2.45) is 0 Å². The highest BCUT2D eigenvalue weighted by Gasteiger charge is 2.38. The van der Waals surface area contributed by atoms with Gasteiger partial charge in [0.2, 0.25) is 11.8 Å². The average Bonchev–Trinajstić information content (AvgIpc) is 2.93. The van der Waals surface area contributed by atoms with E-state index in [-0.39, 0.29) is 18.2 Å². The van der Waals surface area contributed by atoms with Crippen molar-refractivity contribution in [2.75, 3.05) is 10.6 Å². The molecule has 1 aliphatic heterocycles. The fourth-order valence-electron chi connectivity index (χ4n) is 2.53. The van der Waals surface area contributed by atoms with Crippen LogP contribution in [0.25, 0.3) is 0 Å². The van der Waals surface area contributed by atoms with Crippen LogP contribution in [0, 0.1) is 6.92 Å². The number of rotatable bonds is 3. The number of fused-ring (bicyclic) bond motifs is 1. The van der Waals surface area contributed by atoms with Crippen molar-refractivity contribution in [2.45, 2.75) is 32.6 Å². The summed E-state index contributed by atoms with van der Waals surface area (Å²) in [7, 11) is 0. The van der Waals surface area contributed by atoms with Gasteiger partial charge in [-0.05, 0) is 38.0 Å². The summed E-state index contributed by atoms with van der Waals surface area (Å²) in [6.45, 7) is 5.50. The van der Waals surface area contributed by atoms with Crippen molar-refractivity contribution >= 4 is 23.3 Å². The van der Waals surface area contributed by atoms with Crippen LogP contribution in [0.3, 0.4) is 0 Å². The van der Waals surface area contributed by atoms with E-state index in [4.69, 9.17) is 4.52 Å². The number of hydrogen-bond donors (Lipinski definition) is 2. The van der Waals surface area contributed by atoms with Gasteiger partial charge in [0.1, 0.15) is 5.76 Å². The third-order valence-corrected chi connectivity index (χ3v) is 3.83. The third-order valence-electron chi connectivity index (χ3n) is 3.83. The number of nitrogens with one attached hydrogen (secondary N) is 2. The van der Waals surface area contributed by atoms with Crippen LogP contribution >= 0.6 is 0 Å². The van der Waals surface area contributed by atoms with Gasteiger partial charge in [-0.15, -0.1) is 0 Å². The lowest BCUT2D eigenvalue weighted by Gasteiger charge is -2.15. The van der Waals surface area contributed by atoms with Gasteiger partial charge in [-0.2, -0.15) is 0 Å². The predicted molar refractivity (Wildman–Crippen MR) is 81.7 cm³/mol. The minimum atomic E-state index is -0.578. The van der Waals surface area contributed by atoms with Crippen LogP contribution in [0.5, 0.6) is 0 Å². The maximum atomic E-state index is 12.0. The number of anilines is 2. The second-order valence-electron chi connectivity index (χ2n) is 6.01. The van der Waals surface area contributed by atoms with E-state index in [0.717, 1.165) is 16.8 Å². The number of amides is 2. The summed E-state index contributed by atoms with van der Waals surface area (Å²) >= 11 is 0. The molecule has 1 aliphatic rings. The summed E-state index contributed by atoms with van der Waals surface area (Å²) in [5.74, 6) is 0.838. The molecule has 1 aromatic heterocycles. The number of aromatic nitrogens is 1. The molecule has 0 fully saturated rings. The summed E-state index contributed by atoms with van der Waals surface area (Å²) in [6.07, 6.45) is 0.212. The maximum Gasteiger partial charge on any atom is 0.234 e. The van der Waals surface area contributed by atoms with Gasteiger partial charge in [0.25, 0.3) is 0 Å². The second kappa shape index (κ2) is 4.98. The van der Waals surface area contributed by atoms with E-state index < -0.39 is 5.41 Å². The van der Waals surface area contributed by atoms with Gasteiger partial charge in [-0.1, -0.05) is 17.3 Å². The Bertz CT molecular complexity index is 762. The Kier molecular flexibility index (Phi) is 3.24. The molecule has 0 unspecified atom stereocenters. The number of hydrogen-bond acceptors (Lipinski definition) is 4. The molecule has 6 heteroatoms. The van der Waals surface area contributed by atoms with E-state index in [1.165, 1.54) is 0 Å². The molecular weight excluding hydrogens is 282 g/mol. The Morgan fingerprint density at radius 1 is 1.36 bits per heavy atom. The first-order valence-corrected chi connectivity index (χ1v) is 7.04.